The van der Waals surface area contributed by atoms with Crippen LogP contribution in [0.25, 0.3) is 0 Å². The lowest BCUT2D eigenvalue weighted by Crippen LogP contribution is -2.56. The van der Waals surface area contributed by atoms with Crippen LogP contribution in [0.3, 0.4) is 0 Å². The van der Waals surface area contributed by atoms with Crippen LogP contribution < -0.4 is 0 Å². The van der Waals surface area contributed by atoms with Crippen molar-refractivity contribution in [3.63, 3.8) is 0 Å². The van der Waals surface area contributed by atoms with Crippen molar-refractivity contribution in [2.75, 3.05) is 6.54 Å². The summed E-state index contributed by atoms with van der Waals surface area (Å²) >= 11 is 0. The average Bonchev–Trinajstić information content (AvgIpc) is 2.27. The van der Waals surface area contributed by atoms with Crippen molar-refractivity contribution in [1.29, 1.82) is 0 Å². The lowest BCUT2D eigenvalue weighted by Gasteiger charge is -2.50. The molecule has 1 heterocycles. The maximum atomic E-state index is 11.8. The predicted octanol–water partition coefficient (Wildman–Crippen LogP) is 3.25. The molecule has 2 fully saturated rings. The van der Waals surface area contributed by atoms with E-state index in [0.29, 0.717) is 23.3 Å². The van der Waals surface area contributed by atoms with Gasteiger partial charge in [-0.1, -0.05) is 33.6 Å². The second-order valence-electron chi connectivity index (χ2n) is 6.73. The van der Waals surface area contributed by atoms with Crippen LogP contribution in [0.1, 0.15) is 59.8 Å². The van der Waals surface area contributed by atoms with Gasteiger partial charge in [0.05, 0.1) is 0 Å². The molecule has 2 heteroatoms. The smallest absolute Gasteiger partial charge is 0.138 e. The summed E-state index contributed by atoms with van der Waals surface area (Å²) in [5.74, 6) is 0.684. The van der Waals surface area contributed by atoms with Crippen molar-refractivity contribution in [1.82, 2.24) is 4.90 Å². The topological polar surface area (TPSA) is 20.3 Å². The van der Waals surface area contributed by atoms with E-state index < -0.39 is 0 Å². The Labute approximate surface area is 106 Å². The lowest BCUT2D eigenvalue weighted by molar-refractivity contribution is -0.130. The summed E-state index contributed by atoms with van der Waals surface area (Å²) in [6.45, 7) is 10.1. The maximum Gasteiger partial charge on any atom is 0.138 e. The summed E-state index contributed by atoms with van der Waals surface area (Å²) in [6, 6.07) is 1.11. The highest BCUT2D eigenvalue weighted by molar-refractivity contribution is 5.82. The van der Waals surface area contributed by atoms with Gasteiger partial charge in [-0.15, -0.1) is 0 Å². The van der Waals surface area contributed by atoms with Crippen molar-refractivity contribution < 1.29 is 4.79 Å². The number of rotatable bonds is 1. The standard InChI is InChI=1S/C15H27NO/c1-11-12(2)16(10-8-13(11)17)14-7-5-6-9-15(14,3)4/h11-12,14H,5-10H2,1-4H3. The third-order valence-electron chi connectivity index (χ3n) is 5.22. The fourth-order valence-corrected chi connectivity index (χ4v) is 3.76. The molecule has 1 saturated heterocycles. The Morgan fingerprint density at radius 3 is 2.59 bits per heavy atom. The number of Topliss-reactive ketones (excluding diaryl/α,β-unsaturated/α-hetero) is 1. The molecule has 1 saturated carbocycles. The van der Waals surface area contributed by atoms with Gasteiger partial charge in [0.15, 0.2) is 0 Å². The summed E-state index contributed by atoms with van der Waals surface area (Å²) in [7, 11) is 0. The first kappa shape index (κ1) is 13.1. The van der Waals surface area contributed by atoms with Crippen molar-refractivity contribution in [2.24, 2.45) is 11.3 Å². The van der Waals surface area contributed by atoms with Gasteiger partial charge in [-0.3, -0.25) is 9.69 Å². The first-order valence-corrected chi connectivity index (χ1v) is 7.22. The molecular formula is C15H27NO. The fraction of sp³-hybridized carbons (Fsp3) is 0.933. The van der Waals surface area contributed by atoms with E-state index in [0.717, 1.165) is 13.0 Å². The molecule has 0 amide bonds. The van der Waals surface area contributed by atoms with Gasteiger partial charge >= 0.3 is 0 Å². The maximum absolute atomic E-state index is 11.8. The van der Waals surface area contributed by atoms with Crippen LogP contribution in [-0.2, 0) is 4.79 Å². The van der Waals surface area contributed by atoms with Crippen LogP contribution in [0.5, 0.6) is 0 Å². The summed E-state index contributed by atoms with van der Waals surface area (Å²) in [5.41, 5.74) is 0.423. The molecule has 2 aliphatic rings. The Bertz CT molecular complexity index is 297. The van der Waals surface area contributed by atoms with E-state index in [1.54, 1.807) is 0 Å². The van der Waals surface area contributed by atoms with Crippen LogP contribution in [0.2, 0.25) is 0 Å². The van der Waals surface area contributed by atoms with Crippen LogP contribution in [0.15, 0.2) is 0 Å². The molecule has 2 nitrogen and oxygen atoms in total. The van der Waals surface area contributed by atoms with Gasteiger partial charge in [0.2, 0.25) is 0 Å². The third-order valence-corrected chi connectivity index (χ3v) is 5.22. The second-order valence-corrected chi connectivity index (χ2v) is 6.73. The molecule has 3 atom stereocenters. The zero-order valence-electron chi connectivity index (χ0n) is 11.8. The Balaban J connectivity index is 2.13. The van der Waals surface area contributed by atoms with Crippen molar-refractivity contribution >= 4 is 5.78 Å². The SMILES string of the molecule is CC1C(=O)CCN(C2CCCCC2(C)C)C1C. The Morgan fingerprint density at radius 1 is 1.24 bits per heavy atom. The quantitative estimate of drug-likeness (QED) is 0.697. The van der Waals surface area contributed by atoms with Crippen LogP contribution in [0, 0.1) is 11.3 Å². The summed E-state index contributed by atoms with van der Waals surface area (Å²) in [5, 5.41) is 0. The number of likely N-dealkylation sites (tertiary alicyclic amines) is 1. The van der Waals surface area contributed by atoms with E-state index in [1.807, 2.05) is 0 Å². The molecular weight excluding hydrogens is 210 g/mol. The highest BCUT2D eigenvalue weighted by Gasteiger charge is 2.41. The van der Waals surface area contributed by atoms with Crippen LogP contribution in [-0.4, -0.2) is 29.3 Å². The van der Waals surface area contributed by atoms with E-state index in [-0.39, 0.29) is 5.92 Å². The average molecular weight is 237 g/mol. The molecule has 17 heavy (non-hydrogen) atoms. The normalized spacial score (nSPS) is 39.3. The van der Waals surface area contributed by atoms with E-state index >= 15 is 0 Å². The number of hydrogen-bond acceptors (Lipinski definition) is 2. The molecule has 0 bridgehead atoms. The highest BCUT2D eigenvalue weighted by atomic mass is 16.1. The molecule has 0 spiro atoms. The fourth-order valence-electron chi connectivity index (χ4n) is 3.76. The van der Waals surface area contributed by atoms with Crippen molar-refractivity contribution in [3.05, 3.63) is 0 Å². The predicted molar refractivity (Wildman–Crippen MR) is 71.0 cm³/mol. The summed E-state index contributed by atoms with van der Waals surface area (Å²) in [4.78, 5) is 14.4. The van der Waals surface area contributed by atoms with Gasteiger partial charge in [-0.2, -0.15) is 0 Å². The minimum Gasteiger partial charge on any atom is -0.299 e. The number of hydrogen-bond donors (Lipinski definition) is 0. The molecule has 0 N–H and O–H groups in total. The molecule has 0 aromatic rings. The molecule has 2 rings (SSSR count). The van der Waals surface area contributed by atoms with Crippen LogP contribution in [0.4, 0.5) is 0 Å². The lowest BCUT2D eigenvalue weighted by atomic mass is 9.71. The zero-order valence-corrected chi connectivity index (χ0v) is 11.8. The number of ketones is 1. The minimum absolute atomic E-state index is 0.224. The van der Waals surface area contributed by atoms with E-state index in [1.165, 1.54) is 25.7 Å². The number of nitrogens with zero attached hydrogens (tertiary/aromatic N) is 1. The van der Waals surface area contributed by atoms with Gasteiger partial charge in [-0.05, 0) is 25.2 Å². The monoisotopic (exact) mass is 237 g/mol. The Kier molecular flexibility index (Phi) is 3.63. The van der Waals surface area contributed by atoms with E-state index in [4.69, 9.17) is 0 Å². The first-order valence-electron chi connectivity index (χ1n) is 7.22. The Hall–Kier alpha value is -0.370. The molecule has 1 aliphatic carbocycles. The Morgan fingerprint density at radius 2 is 1.94 bits per heavy atom. The van der Waals surface area contributed by atoms with Crippen molar-refractivity contribution in [2.45, 2.75) is 71.9 Å². The first-order chi connectivity index (χ1) is 7.93. The molecule has 0 aromatic heterocycles. The van der Waals surface area contributed by atoms with E-state index in [9.17, 15) is 4.79 Å². The van der Waals surface area contributed by atoms with Gasteiger partial charge in [-0.25, -0.2) is 0 Å². The second kappa shape index (κ2) is 4.72. The highest BCUT2D eigenvalue weighted by Crippen LogP contribution is 2.41. The number of carbonyl (C=O) groups excluding carboxylic acids is 1. The van der Waals surface area contributed by atoms with Crippen LogP contribution >= 0.6 is 0 Å². The van der Waals surface area contributed by atoms with Gasteiger partial charge < -0.3 is 0 Å². The van der Waals surface area contributed by atoms with E-state index in [2.05, 4.69) is 32.6 Å². The molecule has 0 radical (unpaired) electrons. The molecule has 3 unspecified atom stereocenters. The third kappa shape index (κ3) is 2.42. The molecule has 1 aliphatic heterocycles. The summed E-state index contributed by atoms with van der Waals surface area (Å²) in [6.07, 6.45) is 6.15. The van der Waals surface area contributed by atoms with Crippen molar-refractivity contribution in [3.8, 4) is 0 Å². The molecule has 0 aromatic carbocycles. The zero-order chi connectivity index (χ0) is 12.6. The van der Waals surface area contributed by atoms with Gasteiger partial charge in [0, 0.05) is 31.0 Å². The minimum atomic E-state index is 0.224. The van der Waals surface area contributed by atoms with Gasteiger partial charge in [0.25, 0.3) is 0 Å². The number of piperidine rings is 1. The summed E-state index contributed by atoms with van der Waals surface area (Å²) < 4.78 is 0. The van der Waals surface area contributed by atoms with Gasteiger partial charge in [0.1, 0.15) is 5.78 Å². The molecule has 98 valence electrons. The largest absolute Gasteiger partial charge is 0.299 e. The number of carbonyl (C=O) groups is 1.